The summed E-state index contributed by atoms with van der Waals surface area (Å²) in [5, 5.41) is 11.2. The van der Waals surface area contributed by atoms with Gasteiger partial charge in [-0.3, -0.25) is 10.1 Å². The highest BCUT2D eigenvalue weighted by atomic mass is 16.6. The summed E-state index contributed by atoms with van der Waals surface area (Å²) in [4.78, 5) is 30.6. The molecule has 25 heavy (non-hydrogen) atoms. The molecule has 1 aliphatic rings. The van der Waals surface area contributed by atoms with Crippen LogP contribution in [0.5, 0.6) is 0 Å². The quantitative estimate of drug-likeness (QED) is 0.477. The largest absolute Gasteiger partial charge is 0.464 e. The first kappa shape index (κ1) is 16.7. The number of carbonyl (C=O) groups excluding carboxylic acids is 1. The first-order valence-corrected chi connectivity index (χ1v) is 7.88. The maximum absolute atomic E-state index is 11.6. The Labute approximate surface area is 144 Å². The zero-order valence-corrected chi connectivity index (χ0v) is 13.8. The van der Waals surface area contributed by atoms with Gasteiger partial charge in [-0.15, -0.1) is 0 Å². The Morgan fingerprint density at radius 3 is 2.52 bits per heavy atom. The molecular weight excluding hydrogens is 324 g/mol. The number of para-hydroxylation sites is 2. The van der Waals surface area contributed by atoms with Crippen molar-refractivity contribution in [1.29, 1.82) is 0 Å². The van der Waals surface area contributed by atoms with Gasteiger partial charge in [-0.1, -0.05) is 12.1 Å². The molecule has 8 heteroatoms. The molecular formula is C17H18N4O4. The Balaban J connectivity index is 1.73. The van der Waals surface area contributed by atoms with E-state index in [-0.39, 0.29) is 16.3 Å². The van der Waals surface area contributed by atoms with Crippen molar-refractivity contribution in [2.24, 2.45) is 0 Å². The number of benzene rings is 1. The summed E-state index contributed by atoms with van der Waals surface area (Å²) < 4.78 is 4.70. The molecule has 0 radical (unpaired) electrons. The fourth-order valence-electron chi connectivity index (χ4n) is 2.92. The molecule has 1 aliphatic heterocycles. The summed E-state index contributed by atoms with van der Waals surface area (Å²) in [6.45, 7) is 2.69. The van der Waals surface area contributed by atoms with E-state index in [2.05, 4.69) is 9.88 Å². The van der Waals surface area contributed by atoms with Gasteiger partial charge in [0, 0.05) is 44.1 Å². The third-order valence-corrected chi connectivity index (χ3v) is 4.20. The van der Waals surface area contributed by atoms with Crippen LogP contribution in [-0.2, 0) is 4.74 Å². The van der Waals surface area contributed by atoms with E-state index < -0.39 is 5.97 Å². The topological polar surface area (TPSA) is 88.8 Å². The Kier molecular flexibility index (Phi) is 4.78. The van der Waals surface area contributed by atoms with Crippen LogP contribution in [0, 0.1) is 10.1 Å². The highest BCUT2D eigenvalue weighted by Crippen LogP contribution is 2.29. The smallest absolute Gasteiger partial charge is 0.356 e. The number of nitro benzene ring substituents is 1. The number of aromatic nitrogens is 1. The Morgan fingerprint density at radius 2 is 1.84 bits per heavy atom. The fourth-order valence-corrected chi connectivity index (χ4v) is 2.92. The number of nitrogens with zero attached hydrogens (tertiary/aromatic N) is 4. The van der Waals surface area contributed by atoms with Crippen LogP contribution < -0.4 is 9.80 Å². The molecule has 0 N–H and O–H groups in total. The molecule has 8 nitrogen and oxygen atoms in total. The van der Waals surface area contributed by atoms with E-state index in [1.165, 1.54) is 13.2 Å². The monoisotopic (exact) mass is 342 g/mol. The van der Waals surface area contributed by atoms with Gasteiger partial charge in [0.2, 0.25) is 0 Å². The highest BCUT2D eigenvalue weighted by molar-refractivity contribution is 5.88. The molecule has 0 aliphatic carbocycles. The number of esters is 1. The first-order chi connectivity index (χ1) is 12.1. The van der Waals surface area contributed by atoms with Crippen LogP contribution in [0.1, 0.15) is 10.5 Å². The molecule has 1 fully saturated rings. The summed E-state index contributed by atoms with van der Waals surface area (Å²) >= 11 is 0. The average Bonchev–Trinajstić information content (AvgIpc) is 2.67. The van der Waals surface area contributed by atoms with Gasteiger partial charge in [0.05, 0.1) is 12.0 Å². The number of ether oxygens (including phenoxy) is 1. The molecule has 0 spiro atoms. The van der Waals surface area contributed by atoms with E-state index in [0.717, 1.165) is 5.69 Å². The fraction of sp³-hybridized carbons (Fsp3) is 0.294. The number of piperazine rings is 1. The van der Waals surface area contributed by atoms with Crippen molar-refractivity contribution in [3.63, 3.8) is 0 Å². The standard InChI is InChI=1S/C17H18N4O4/c1-25-17(22)14-12-13(6-7-18-14)19-8-10-20(11-9-19)15-4-2-3-5-16(15)21(23)24/h2-7,12H,8-11H2,1H3. The third-order valence-electron chi connectivity index (χ3n) is 4.20. The lowest BCUT2D eigenvalue weighted by Gasteiger charge is -2.37. The number of pyridine rings is 1. The summed E-state index contributed by atoms with van der Waals surface area (Å²) in [6.07, 6.45) is 1.58. The van der Waals surface area contributed by atoms with Gasteiger partial charge in [-0.25, -0.2) is 9.78 Å². The van der Waals surface area contributed by atoms with E-state index in [4.69, 9.17) is 4.74 Å². The molecule has 2 aromatic rings. The van der Waals surface area contributed by atoms with Crippen molar-refractivity contribution in [1.82, 2.24) is 4.98 Å². The van der Waals surface area contributed by atoms with E-state index in [1.54, 1.807) is 30.5 Å². The van der Waals surface area contributed by atoms with Gasteiger partial charge in [-0.2, -0.15) is 0 Å². The molecule has 2 heterocycles. The number of hydrogen-bond donors (Lipinski definition) is 0. The van der Waals surface area contributed by atoms with E-state index in [0.29, 0.717) is 31.9 Å². The number of hydrogen-bond acceptors (Lipinski definition) is 7. The number of anilines is 2. The lowest BCUT2D eigenvalue weighted by molar-refractivity contribution is -0.384. The minimum Gasteiger partial charge on any atom is -0.464 e. The maximum Gasteiger partial charge on any atom is 0.356 e. The summed E-state index contributed by atoms with van der Waals surface area (Å²) in [5.41, 5.74) is 1.91. The van der Waals surface area contributed by atoms with Crippen LogP contribution in [0.4, 0.5) is 17.1 Å². The maximum atomic E-state index is 11.6. The minimum absolute atomic E-state index is 0.118. The van der Waals surface area contributed by atoms with E-state index in [9.17, 15) is 14.9 Å². The predicted molar refractivity (Wildman–Crippen MR) is 93.1 cm³/mol. The third kappa shape index (κ3) is 3.52. The van der Waals surface area contributed by atoms with Crippen molar-refractivity contribution in [3.05, 3.63) is 58.4 Å². The Hall–Kier alpha value is -3.16. The number of methoxy groups -OCH3 is 1. The van der Waals surface area contributed by atoms with Crippen LogP contribution in [0.15, 0.2) is 42.6 Å². The summed E-state index contributed by atoms with van der Waals surface area (Å²) in [6, 6.07) is 10.3. The van der Waals surface area contributed by atoms with Crippen LogP contribution in [0.25, 0.3) is 0 Å². The summed E-state index contributed by atoms with van der Waals surface area (Å²) in [7, 11) is 1.32. The molecule has 0 amide bonds. The number of nitro groups is 1. The second kappa shape index (κ2) is 7.16. The van der Waals surface area contributed by atoms with Crippen molar-refractivity contribution in [3.8, 4) is 0 Å². The van der Waals surface area contributed by atoms with Crippen LogP contribution in [0.2, 0.25) is 0 Å². The molecule has 1 aromatic carbocycles. The summed E-state index contributed by atoms with van der Waals surface area (Å²) in [5.74, 6) is -0.472. The zero-order chi connectivity index (χ0) is 17.8. The predicted octanol–water partition coefficient (Wildman–Crippen LogP) is 2.10. The lowest BCUT2D eigenvalue weighted by Crippen LogP contribution is -2.46. The van der Waals surface area contributed by atoms with Crippen LogP contribution in [-0.4, -0.2) is 49.2 Å². The molecule has 0 saturated carbocycles. The van der Waals surface area contributed by atoms with Crippen molar-refractivity contribution in [2.45, 2.75) is 0 Å². The first-order valence-electron chi connectivity index (χ1n) is 7.88. The average molecular weight is 342 g/mol. The van der Waals surface area contributed by atoms with Crippen LogP contribution in [0.3, 0.4) is 0 Å². The second-order valence-corrected chi connectivity index (χ2v) is 5.61. The zero-order valence-electron chi connectivity index (χ0n) is 13.8. The SMILES string of the molecule is COC(=O)c1cc(N2CCN(c3ccccc3[N+](=O)[O-])CC2)ccn1. The van der Waals surface area contributed by atoms with Gasteiger partial charge in [0.15, 0.2) is 0 Å². The molecule has 130 valence electrons. The minimum atomic E-state index is -0.472. The molecule has 1 saturated heterocycles. The van der Waals surface area contributed by atoms with Gasteiger partial charge in [-0.05, 0) is 18.2 Å². The molecule has 0 unspecified atom stereocenters. The molecule has 1 aromatic heterocycles. The number of rotatable bonds is 4. The molecule has 3 rings (SSSR count). The van der Waals surface area contributed by atoms with Crippen molar-refractivity contribution in [2.75, 3.05) is 43.1 Å². The lowest BCUT2D eigenvalue weighted by atomic mass is 10.2. The van der Waals surface area contributed by atoms with E-state index >= 15 is 0 Å². The van der Waals surface area contributed by atoms with Gasteiger partial charge < -0.3 is 14.5 Å². The highest BCUT2D eigenvalue weighted by Gasteiger charge is 2.23. The van der Waals surface area contributed by atoms with Gasteiger partial charge in [0.1, 0.15) is 11.4 Å². The molecule has 0 atom stereocenters. The van der Waals surface area contributed by atoms with Crippen molar-refractivity contribution >= 4 is 23.0 Å². The van der Waals surface area contributed by atoms with E-state index in [1.807, 2.05) is 11.0 Å². The Morgan fingerprint density at radius 1 is 1.16 bits per heavy atom. The van der Waals surface area contributed by atoms with Crippen LogP contribution >= 0.6 is 0 Å². The van der Waals surface area contributed by atoms with Crippen molar-refractivity contribution < 1.29 is 14.5 Å². The Bertz CT molecular complexity index is 788. The second-order valence-electron chi connectivity index (χ2n) is 5.61. The van der Waals surface area contributed by atoms with Gasteiger partial charge >= 0.3 is 5.97 Å². The number of carbonyl (C=O) groups is 1. The van der Waals surface area contributed by atoms with Gasteiger partial charge in [0.25, 0.3) is 5.69 Å². The molecule has 0 bridgehead atoms. The normalized spacial score (nSPS) is 14.3.